The van der Waals surface area contributed by atoms with E-state index in [-0.39, 0.29) is 12.5 Å². The Morgan fingerprint density at radius 3 is 2.07 bits per heavy atom. The van der Waals surface area contributed by atoms with Crippen molar-refractivity contribution in [3.8, 4) is 11.1 Å². The third kappa shape index (κ3) is 4.44. The highest BCUT2D eigenvalue weighted by Gasteiger charge is 2.32. The lowest BCUT2D eigenvalue weighted by molar-refractivity contribution is -0.145. The van der Waals surface area contributed by atoms with Crippen molar-refractivity contribution >= 4 is 12.1 Å². The number of carbonyl (C=O) groups excluding carboxylic acids is 1. The molecule has 8 heteroatoms. The largest absolute Gasteiger partial charge is 0.480 e. The number of halogens is 3. The molecule has 2 aromatic rings. The number of alkyl carbamates (subject to hydrolysis) is 1. The van der Waals surface area contributed by atoms with Gasteiger partial charge in [-0.3, -0.25) is 0 Å². The van der Waals surface area contributed by atoms with E-state index < -0.39 is 37.1 Å². The average Bonchev–Trinajstić information content (AvgIpc) is 2.96. The maximum Gasteiger partial charge on any atom is 0.407 e. The Labute approximate surface area is 159 Å². The first-order chi connectivity index (χ1) is 13.3. The molecular weight excluding hydrogens is 375 g/mol. The van der Waals surface area contributed by atoms with Gasteiger partial charge in [-0.25, -0.2) is 9.59 Å². The van der Waals surface area contributed by atoms with Crippen molar-refractivity contribution in [1.29, 1.82) is 0 Å². The molecule has 148 valence electrons. The van der Waals surface area contributed by atoms with Crippen molar-refractivity contribution < 1.29 is 32.6 Å². The fourth-order valence-corrected chi connectivity index (χ4v) is 3.35. The van der Waals surface area contributed by atoms with E-state index in [9.17, 15) is 22.8 Å². The first-order valence-corrected chi connectivity index (χ1v) is 8.67. The van der Waals surface area contributed by atoms with Gasteiger partial charge in [0.1, 0.15) is 12.6 Å². The van der Waals surface area contributed by atoms with Gasteiger partial charge in [0.2, 0.25) is 0 Å². The molecule has 0 fully saturated rings. The van der Waals surface area contributed by atoms with Crippen molar-refractivity contribution in [2.45, 2.75) is 31.0 Å². The Hall–Kier alpha value is -3.03. The molecule has 28 heavy (non-hydrogen) atoms. The summed E-state index contributed by atoms with van der Waals surface area (Å²) in [6, 6.07) is 13.7. The summed E-state index contributed by atoms with van der Waals surface area (Å²) in [6.07, 6.45) is -7.64. The van der Waals surface area contributed by atoms with Crippen LogP contribution in [0.4, 0.5) is 18.0 Å². The quantitative estimate of drug-likeness (QED) is 0.766. The third-order valence-electron chi connectivity index (χ3n) is 4.65. The third-order valence-corrected chi connectivity index (χ3v) is 4.65. The predicted molar refractivity (Wildman–Crippen MR) is 94.9 cm³/mol. The highest BCUT2D eigenvalue weighted by atomic mass is 19.4. The molecule has 1 amide bonds. The van der Waals surface area contributed by atoms with Gasteiger partial charge in [0, 0.05) is 12.3 Å². The number of carboxylic acids is 1. The number of hydrogen-bond donors (Lipinski definition) is 2. The Bertz CT molecular complexity index is 836. The number of rotatable bonds is 6. The molecule has 0 radical (unpaired) electrons. The first kappa shape index (κ1) is 19.7. The minimum Gasteiger partial charge on any atom is -0.480 e. The minimum atomic E-state index is -4.50. The molecule has 0 bridgehead atoms. The molecule has 1 atom stereocenters. The van der Waals surface area contributed by atoms with Crippen LogP contribution in [0.5, 0.6) is 0 Å². The molecule has 5 nitrogen and oxygen atoms in total. The van der Waals surface area contributed by atoms with E-state index in [1.807, 2.05) is 53.8 Å². The summed E-state index contributed by atoms with van der Waals surface area (Å²) in [5.74, 6) is -1.77. The molecule has 0 spiro atoms. The summed E-state index contributed by atoms with van der Waals surface area (Å²) in [6.45, 7) is -0.0501. The standard InChI is InChI=1S/C20H18F3NO4/c21-20(22,23)10-9-17(18(25)26)24-19(27)28-11-16-14-7-3-1-5-12(14)13-6-2-4-8-15(13)16/h1-8,16-17H,9-11H2,(H,24,27)(H,25,26). The van der Waals surface area contributed by atoms with Crippen molar-refractivity contribution in [3.63, 3.8) is 0 Å². The highest BCUT2D eigenvalue weighted by molar-refractivity contribution is 5.81. The smallest absolute Gasteiger partial charge is 0.407 e. The second-order valence-electron chi connectivity index (χ2n) is 6.51. The Morgan fingerprint density at radius 1 is 1.04 bits per heavy atom. The van der Waals surface area contributed by atoms with Gasteiger partial charge in [0.25, 0.3) is 0 Å². The molecule has 0 saturated heterocycles. The van der Waals surface area contributed by atoms with Crippen LogP contribution in [0.3, 0.4) is 0 Å². The number of aliphatic carboxylic acids is 1. The van der Waals surface area contributed by atoms with Gasteiger partial charge in [-0.1, -0.05) is 48.5 Å². The number of carboxylic acid groups (broad SMARTS) is 1. The van der Waals surface area contributed by atoms with Gasteiger partial charge in [-0.2, -0.15) is 13.2 Å². The second-order valence-corrected chi connectivity index (χ2v) is 6.51. The summed E-state index contributed by atoms with van der Waals surface area (Å²) in [5.41, 5.74) is 4.01. The zero-order valence-electron chi connectivity index (χ0n) is 14.7. The Morgan fingerprint density at radius 2 is 1.57 bits per heavy atom. The number of carbonyl (C=O) groups is 2. The van der Waals surface area contributed by atoms with Crippen LogP contribution in [0.1, 0.15) is 29.9 Å². The lowest BCUT2D eigenvalue weighted by Crippen LogP contribution is -2.42. The SMILES string of the molecule is O=C(NC(CCC(F)(F)F)C(=O)O)OCC1c2ccccc2-c2ccccc21. The highest BCUT2D eigenvalue weighted by Crippen LogP contribution is 2.44. The molecule has 0 aliphatic heterocycles. The van der Waals surface area contributed by atoms with Crippen LogP contribution in [0.15, 0.2) is 48.5 Å². The second kappa shape index (κ2) is 7.92. The number of nitrogens with one attached hydrogen (secondary N) is 1. The lowest BCUT2D eigenvalue weighted by atomic mass is 9.98. The van der Waals surface area contributed by atoms with Crippen LogP contribution in [0, 0.1) is 0 Å². The molecule has 0 aromatic heterocycles. The topological polar surface area (TPSA) is 75.6 Å². The van der Waals surface area contributed by atoms with Crippen molar-refractivity contribution in [1.82, 2.24) is 5.32 Å². The summed E-state index contributed by atoms with van der Waals surface area (Å²) in [4.78, 5) is 23.1. The van der Waals surface area contributed by atoms with E-state index in [4.69, 9.17) is 9.84 Å². The number of ether oxygens (including phenoxy) is 1. The summed E-state index contributed by atoms with van der Waals surface area (Å²) < 4.78 is 42.1. The molecular formula is C20H18F3NO4. The monoisotopic (exact) mass is 393 g/mol. The van der Waals surface area contributed by atoms with Crippen LogP contribution in [-0.2, 0) is 9.53 Å². The van der Waals surface area contributed by atoms with E-state index in [1.54, 1.807) is 0 Å². The van der Waals surface area contributed by atoms with Gasteiger partial charge in [0.15, 0.2) is 0 Å². The van der Waals surface area contributed by atoms with E-state index >= 15 is 0 Å². The van der Waals surface area contributed by atoms with Crippen LogP contribution in [-0.4, -0.2) is 36.0 Å². The minimum absolute atomic E-state index is 0.0501. The zero-order valence-corrected chi connectivity index (χ0v) is 14.7. The van der Waals surface area contributed by atoms with Crippen molar-refractivity contribution in [2.75, 3.05) is 6.61 Å². The lowest BCUT2D eigenvalue weighted by Gasteiger charge is -2.18. The van der Waals surface area contributed by atoms with E-state index in [2.05, 4.69) is 0 Å². The molecule has 0 heterocycles. The fourth-order valence-electron chi connectivity index (χ4n) is 3.35. The summed E-state index contributed by atoms with van der Waals surface area (Å²) in [7, 11) is 0. The summed E-state index contributed by atoms with van der Waals surface area (Å²) >= 11 is 0. The molecule has 1 aliphatic carbocycles. The van der Waals surface area contributed by atoms with E-state index in [1.165, 1.54) is 0 Å². The van der Waals surface area contributed by atoms with Gasteiger partial charge in [-0.15, -0.1) is 0 Å². The van der Waals surface area contributed by atoms with Gasteiger partial charge >= 0.3 is 18.2 Å². The number of fused-ring (bicyclic) bond motifs is 3. The molecule has 1 unspecified atom stereocenters. The molecule has 3 rings (SSSR count). The Balaban J connectivity index is 1.65. The Kier molecular flexibility index (Phi) is 5.58. The maximum absolute atomic E-state index is 12.3. The van der Waals surface area contributed by atoms with Crippen molar-refractivity contribution in [2.24, 2.45) is 0 Å². The molecule has 2 N–H and O–H groups in total. The van der Waals surface area contributed by atoms with Crippen molar-refractivity contribution in [3.05, 3.63) is 59.7 Å². The predicted octanol–water partition coefficient (Wildman–Crippen LogP) is 4.32. The number of alkyl halides is 3. The average molecular weight is 393 g/mol. The molecule has 0 saturated carbocycles. The van der Waals surface area contributed by atoms with Crippen LogP contribution >= 0.6 is 0 Å². The van der Waals surface area contributed by atoms with Crippen LogP contribution < -0.4 is 5.32 Å². The normalized spacial score (nSPS) is 14.1. The zero-order chi connectivity index (χ0) is 20.3. The first-order valence-electron chi connectivity index (χ1n) is 8.67. The van der Waals surface area contributed by atoms with Gasteiger partial charge in [-0.05, 0) is 28.7 Å². The summed E-state index contributed by atoms with van der Waals surface area (Å²) in [5, 5.41) is 11.0. The van der Waals surface area contributed by atoms with Gasteiger partial charge in [0.05, 0.1) is 0 Å². The van der Waals surface area contributed by atoms with Crippen LogP contribution in [0.25, 0.3) is 11.1 Å². The van der Waals surface area contributed by atoms with E-state index in [0.717, 1.165) is 22.3 Å². The number of hydrogen-bond acceptors (Lipinski definition) is 3. The molecule has 1 aliphatic rings. The number of benzene rings is 2. The van der Waals surface area contributed by atoms with Gasteiger partial charge < -0.3 is 15.2 Å². The number of amides is 1. The maximum atomic E-state index is 12.3. The molecule has 2 aromatic carbocycles. The van der Waals surface area contributed by atoms with E-state index in [0.29, 0.717) is 0 Å². The van der Waals surface area contributed by atoms with Crippen LogP contribution in [0.2, 0.25) is 0 Å². The fraction of sp³-hybridized carbons (Fsp3) is 0.300.